The first-order valence-corrected chi connectivity index (χ1v) is 7.88. The van der Waals surface area contributed by atoms with Gasteiger partial charge in [-0.05, 0) is 18.4 Å². The second kappa shape index (κ2) is 7.77. The maximum atomic E-state index is 11.7. The monoisotopic (exact) mass is 330 g/mol. The normalized spacial score (nSPS) is 18.0. The first-order valence-electron chi connectivity index (χ1n) is 7.88. The number of allylic oxidation sites excluding steroid dienone is 1. The number of carbonyl (C=O) groups excluding carboxylic acids is 2. The number of esters is 1. The lowest BCUT2D eigenvalue weighted by Gasteiger charge is -2.29. The van der Waals surface area contributed by atoms with Crippen LogP contribution in [0.25, 0.3) is 0 Å². The van der Waals surface area contributed by atoms with Gasteiger partial charge in [0.25, 0.3) is 0 Å². The Morgan fingerprint density at radius 1 is 1.33 bits per heavy atom. The fraction of sp³-hybridized carbons (Fsp3) is 0.389. The molecule has 0 spiro atoms. The number of methoxy groups -OCH3 is 1. The van der Waals surface area contributed by atoms with Crippen molar-refractivity contribution in [2.24, 2.45) is 10.7 Å². The van der Waals surface area contributed by atoms with E-state index in [9.17, 15) is 14.7 Å². The minimum Gasteiger partial charge on any atom is -0.503 e. The van der Waals surface area contributed by atoms with Crippen LogP contribution in [0.3, 0.4) is 0 Å². The van der Waals surface area contributed by atoms with Gasteiger partial charge in [-0.2, -0.15) is 0 Å². The van der Waals surface area contributed by atoms with Crippen molar-refractivity contribution in [1.29, 1.82) is 0 Å². The molecule has 0 saturated heterocycles. The quantitative estimate of drug-likeness (QED) is 0.208. The summed E-state index contributed by atoms with van der Waals surface area (Å²) in [5.41, 5.74) is 6.63. The van der Waals surface area contributed by atoms with Gasteiger partial charge in [0.2, 0.25) is 0 Å². The number of nitrogens with two attached hydrogens (primary N) is 1. The van der Waals surface area contributed by atoms with E-state index in [2.05, 4.69) is 21.9 Å². The zero-order valence-corrected chi connectivity index (χ0v) is 13.7. The van der Waals surface area contributed by atoms with Crippen molar-refractivity contribution in [2.45, 2.75) is 37.5 Å². The highest BCUT2D eigenvalue weighted by atomic mass is 16.5. The highest BCUT2D eigenvalue weighted by Crippen LogP contribution is 2.43. The summed E-state index contributed by atoms with van der Waals surface area (Å²) in [7, 11) is 1.15. The maximum absolute atomic E-state index is 11.7. The van der Waals surface area contributed by atoms with Gasteiger partial charge in [0, 0.05) is 11.8 Å². The molecule has 3 N–H and O–H groups in total. The Balaban J connectivity index is 2.33. The summed E-state index contributed by atoms with van der Waals surface area (Å²) in [6.07, 6.45) is 4.74. The zero-order chi connectivity index (χ0) is 17.6. The highest BCUT2D eigenvalue weighted by Gasteiger charge is 2.36. The highest BCUT2D eigenvalue weighted by molar-refractivity contribution is 5.97. The average Bonchev–Trinajstić information content (AvgIpc) is 3.08. The van der Waals surface area contributed by atoms with E-state index in [4.69, 9.17) is 5.73 Å². The molecule has 1 aliphatic carbocycles. The molecule has 1 aromatic rings. The van der Waals surface area contributed by atoms with E-state index in [-0.39, 0.29) is 17.5 Å². The van der Waals surface area contributed by atoms with E-state index in [1.54, 1.807) is 0 Å². The summed E-state index contributed by atoms with van der Waals surface area (Å²) in [6.45, 7) is 0. The number of aliphatic imine (C=N–C) groups is 1. The van der Waals surface area contributed by atoms with Gasteiger partial charge in [0.05, 0.1) is 7.11 Å². The predicted octanol–water partition coefficient (Wildman–Crippen LogP) is 2.39. The molecule has 0 heterocycles. The third-order valence-corrected chi connectivity index (χ3v) is 4.45. The Kier molecular flexibility index (Phi) is 5.73. The van der Waals surface area contributed by atoms with Gasteiger partial charge in [-0.25, -0.2) is 9.79 Å². The van der Waals surface area contributed by atoms with E-state index < -0.39 is 17.4 Å². The lowest BCUT2D eigenvalue weighted by atomic mass is 9.76. The van der Waals surface area contributed by atoms with Crippen LogP contribution < -0.4 is 5.73 Å². The summed E-state index contributed by atoms with van der Waals surface area (Å²) < 4.78 is 4.54. The number of nitrogens with zero attached hydrogens (tertiary/aromatic N) is 1. The van der Waals surface area contributed by atoms with Crippen molar-refractivity contribution < 1.29 is 19.4 Å². The molecule has 2 rings (SSSR count). The van der Waals surface area contributed by atoms with E-state index in [1.165, 1.54) is 5.56 Å². The molecule has 128 valence electrons. The molecule has 1 saturated carbocycles. The Hall–Kier alpha value is -2.63. The van der Waals surface area contributed by atoms with Gasteiger partial charge in [-0.1, -0.05) is 43.2 Å². The minimum absolute atomic E-state index is 0.132. The molecule has 0 aromatic heterocycles. The summed E-state index contributed by atoms with van der Waals surface area (Å²) in [5, 5.41) is 9.56. The Morgan fingerprint density at radius 2 is 1.96 bits per heavy atom. The topological polar surface area (TPSA) is 102 Å². The number of amidine groups is 1. The second-order valence-electron chi connectivity index (χ2n) is 5.98. The third-order valence-electron chi connectivity index (χ3n) is 4.45. The standard InChI is InChI=1S/C18H22N2O4/c1-24-17(23)16(14(22)12-21)20-15(19)11-18(9-5-6-10-18)13-7-3-2-4-8-13/h2-4,7-8,12,22H,5-6,9-11H2,1H3,(H2,19,20)/b16-14+. The van der Waals surface area contributed by atoms with Crippen LogP contribution in [-0.4, -0.2) is 30.3 Å². The number of rotatable bonds is 6. The molecule has 1 aliphatic rings. The Morgan fingerprint density at radius 3 is 2.50 bits per heavy atom. The van der Waals surface area contributed by atoms with Crippen molar-refractivity contribution in [1.82, 2.24) is 0 Å². The van der Waals surface area contributed by atoms with Crippen LogP contribution >= 0.6 is 0 Å². The maximum Gasteiger partial charge on any atom is 0.360 e. The summed E-state index contributed by atoms with van der Waals surface area (Å²) in [6, 6.07) is 10.1. The molecule has 0 bridgehead atoms. The minimum atomic E-state index is -0.900. The lowest BCUT2D eigenvalue weighted by Crippen LogP contribution is -2.30. The molecule has 0 unspecified atom stereocenters. The molecular weight excluding hydrogens is 308 g/mol. The van der Waals surface area contributed by atoms with Crippen LogP contribution in [0.5, 0.6) is 0 Å². The fourth-order valence-corrected chi connectivity index (χ4v) is 3.30. The first kappa shape index (κ1) is 17.7. The molecule has 1 aromatic carbocycles. The fourth-order valence-electron chi connectivity index (χ4n) is 3.30. The Labute approximate surface area is 141 Å². The van der Waals surface area contributed by atoms with Crippen molar-refractivity contribution in [3.8, 4) is 0 Å². The van der Waals surface area contributed by atoms with Crippen molar-refractivity contribution in [3.05, 3.63) is 47.4 Å². The van der Waals surface area contributed by atoms with E-state index in [0.29, 0.717) is 6.42 Å². The number of carbonyl (C=O) groups is 2. The van der Waals surface area contributed by atoms with Crippen LogP contribution in [0.4, 0.5) is 0 Å². The molecular formula is C18H22N2O4. The van der Waals surface area contributed by atoms with Gasteiger partial charge < -0.3 is 15.6 Å². The molecule has 0 aliphatic heterocycles. The average molecular weight is 330 g/mol. The van der Waals surface area contributed by atoms with Crippen LogP contribution in [0.2, 0.25) is 0 Å². The third kappa shape index (κ3) is 3.82. The molecule has 0 atom stereocenters. The van der Waals surface area contributed by atoms with Gasteiger partial charge in [-0.3, -0.25) is 4.79 Å². The molecule has 6 nitrogen and oxygen atoms in total. The summed E-state index contributed by atoms with van der Waals surface area (Å²) in [5.74, 6) is -1.50. The van der Waals surface area contributed by atoms with Crippen molar-refractivity contribution in [2.75, 3.05) is 7.11 Å². The number of ether oxygens (including phenoxy) is 1. The first-order chi connectivity index (χ1) is 11.5. The van der Waals surface area contributed by atoms with Gasteiger partial charge in [0.1, 0.15) is 5.84 Å². The van der Waals surface area contributed by atoms with Crippen LogP contribution in [0, 0.1) is 0 Å². The van der Waals surface area contributed by atoms with Crippen molar-refractivity contribution >= 4 is 18.1 Å². The SMILES string of the molecule is COC(=O)/C(N=C(N)CC1(c2ccccc2)CCCC1)=C(\O)C=O. The number of aliphatic hydroxyl groups excluding tert-OH is 1. The number of hydrogen-bond acceptors (Lipinski definition) is 5. The molecule has 24 heavy (non-hydrogen) atoms. The van der Waals surface area contributed by atoms with Crippen LogP contribution in [0.15, 0.2) is 46.8 Å². The molecule has 1 fully saturated rings. The summed E-state index contributed by atoms with van der Waals surface area (Å²) in [4.78, 5) is 26.4. The number of aldehydes is 1. The summed E-state index contributed by atoms with van der Waals surface area (Å²) >= 11 is 0. The number of aliphatic hydroxyl groups is 1. The Bertz CT molecular complexity index is 659. The van der Waals surface area contributed by atoms with Gasteiger partial charge in [0.15, 0.2) is 17.7 Å². The van der Waals surface area contributed by atoms with Gasteiger partial charge in [-0.15, -0.1) is 0 Å². The van der Waals surface area contributed by atoms with Gasteiger partial charge >= 0.3 is 5.97 Å². The predicted molar refractivity (Wildman–Crippen MR) is 90.6 cm³/mol. The van der Waals surface area contributed by atoms with E-state index in [1.807, 2.05) is 18.2 Å². The second-order valence-corrected chi connectivity index (χ2v) is 5.98. The van der Waals surface area contributed by atoms with E-state index >= 15 is 0 Å². The number of benzene rings is 1. The number of hydrogen-bond donors (Lipinski definition) is 2. The lowest BCUT2D eigenvalue weighted by molar-refractivity contribution is -0.136. The zero-order valence-electron chi connectivity index (χ0n) is 13.7. The smallest absolute Gasteiger partial charge is 0.360 e. The molecule has 0 amide bonds. The van der Waals surface area contributed by atoms with E-state index in [0.717, 1.165) is 32.8 Å². The van der Waals surface area contributed by atoms with Crippen LogP contribution in [0.1, 0.15) is 37.7 Å². The largest absolute Gasteiger partial charge is 0.503 e. The molecule has 6 heteroatoms. The van der Waals surface area contributed by atoms with Crippen molar-refractivity contribution in [3.63, 3.8) is 0 Å². The molecule has 0 radical (unpaired) electrons. The van der Waals surface area contributed by atoms with Crippen LogP contribution in [-0.2, 0) is 19.7 Å².